The van der Waals surface area contributed by atoms with Crippen LogP contribution in [0.3, 0.4) is 0 Å². The van der Waals surface area contributed by atoms with Gasteiger partial charge in [0.25, 0.3) is 0 Å². The molecular weight excluding hydrogens is 272 g/mol. The van der Waals surface area contributed by atoms with E-state index in [-0.39, 0.29) is 6.10 Å². The van der Waals surface area contributed by atoms with Crippen molar-refractivity contribution in [2.45, 2.75) is 26.0 Å². The number of para-hydroxylation sites is 2. The number of hydrogen-bond donors (Lipinski definition) is 1. The molecule has 0 saturated carbocycles. The fraction of sp³-hybridized carbons (Fsp3) is 0.400. The van der Waals surface area contributed by atoms with Gasteiger partial charge < -0.3 is 14.8 Å². The Balaban J connectivity index is 1.66. The highest BCUT2D eigenvalue weighted by atomic mass is 32.1. The van der Waals surface area contributed by atoms with Crippen LogP contribution in [-0.4, -0.2) is 18.1 Å². The Morgan fingerprint density at radius 3 is 3.05 bits per heavy atom. The number of fused-ring (bicyclic) bond motifs is 1. The van der Waals surface area contributed by atoms with Gasteiger partial charge >= 0.3 is 0 Å². The third-order valence-electron chi connectivity index (χ3n) is 3.08. The number of aromatic nitrogens is 1. The predicted molar refractivity (Wildman–Crippen MR) is 79.4 cm³/mol. The third kappa shape index (κ3) is 2.94. The van der Waals surface area contributed by atoms with E-state index < -0.39 is 0 Å². The highest BCUT2D eigenvalue weighted by molar-refractivity contribution is 7.11. The van der Waals surface area contributed by atoms with E-state index in [0.717, 1.165) is 36.0 Å². The van der Waals surface area contributed by atoms with Gasteiger partial charge in [-0.15, -0.1) is 11.3 Å². The summed E-state index contributed by atoms with van der Waals surface area (Å²) in [7, 11) is 0. The summed E-state index contributed by atoms with van der Waals surface area (Å²) in [5.74, 6) is 1.61. The molecule has 1 aliphatic heterocycles. The molecule has 1 atom stereocenters. The SMILES string of the molecule is CCCNCc1cnc(C2COc3ccccc3O2)s1. The number of benzene rings is 1. The van der Waals surface area contributed by atoms with Crippen molar-refractivity contribution in [3.05, 3.63) is 40.3 Å². The average Bonchev–Trinajstić information content (AvgIpc) is 2.96. The summed E-state index contributed by atoms with van der Waals surface area (Å²) < 4.78 is 11.7. The molecule has 0 saturated heterocycles. The zero-order valence-corrected chi connectivity index (χ0v) is 12.3. The van der Waals surface area contributed by atoms with Gasteiger partial charge in [-0.05, 0) is 25.1 Å². The first-order valence-corrected chi connectivity index (χ1v) is 7.72. The second-order valence-corrected chi connectivity index (χ2v) is 5.85. The van der Waals surface area contributed by atoms with Crippen molar-refractivity contribution in [2.24, 2.45) is 0 Å². The summed E-state index contributed by atoms with van der Waals surface area (Å²) in [6, 6.07) is 7.75. The van der Waals surface area contributed by atoms with Crippen LogP contribution in [0.4, 0.5) is 0 Å². The predicted octanol–water partition coefficient (Wildman–Crippen LogP) is 3.16. The highest BCUT2D eigenvalue weighted by Gasteiger charge is 2.24. The summed E-state index contributed by atoms with van der Waals surface area (Å²) in [6.45, 7) is 4.58. The molecule has 0 fully saturated rings. The number of nitrogens with one attached hydrogen (secondary N) is 1. The van der Waals surface area contributed by atoms with Gasteiger partial charge in [0.15, 0.2) is 17.6 Å². The van der Waals surface area contributed by atoms with Crippen LogP contribution in [0.1, 0.15) is 29.3 Å². The Kier molecular flexibility index (Phi) is 4.18. The van der Waals surface area contributed by atoms with Crippen LogP contribution in [0.25, 0.3) is 0 Å². The first-order chi connectivity index (χ1) is 9.86. The smallest absolute Gasteiger partial charge is 0.184 e. The molecule has 5 heteroatoms. The molecule has 20 heavy (non-hydrogen) atoms. The first-order valence-electron chi connectivity index (χ1n) is 6.90. The molecule has 1 aromatic heterocycles. The lowest BCUT2D eigenvalue weighted by Gasteiger charge is -2.24. The molecular formula is C15H18N2O2S. The van der Waals surface area contributed by atoms with E-state index in [1.807, 2.05) is 30.5 Å². The number of hydrogen-bond acceptors (Lipinski definition) is 5. The Labute approximate surface area is 122 Å². The fourth-order valence-electron chi connectivity index (χ4n) is 2.08. The molecule has 106 valence electrons. The molecule has 1 unspecified atom stereocenters. The lowest BCUT2D eigenvalue weighted by Crippen LogP contribution is -2.21. The molecule has 0 spiro atoms. The fourth-order valence-corrected chi connectivity index (χ4v) is 2.98. The van der Waals surface area contributed by atoms with E-state index in [2.05, 4.69) is 17.2 Å². The van der Waals surface area contributed by atoms with E-state index in [1.54, 1.807) is 11.3 Å². The second-order valence-electron chi connectivity index (χ2n) is 4.71. The molecule has 2 aromatic rings. The van der Waals surface area contributed by atoms with Crippen LogP contribution >= 0.6 is 11.3 Å². The summed E-state index contributed by atoms with van der Waals surface area (Å²) in [4.78, 5) is 5.70. The Morgan fingerprint density at radius 1 is 1.35 bits per heavy atom. The number of nitrogens with zero attached hydrogens (tertiary/aromatic N) is 1. The third-order valence-corrected chi connectivity index (χ3v) is 4.17. The van der Waals surface area contributed by atoms with Gasteiger partial charge in [0.1, 0.15) is 11.6 Å². The van der Waals surface area contributed by atoms with Crippen LogP contribution in [-0.2, 0) is 6.54 Å². The van der Waals surface area contributed by atoms with Crippen molar-refractivity contribution >= 4 is 11.3 Å². The molecule has 0 aliphatic carbocycles. The molecule has 0 radical (unpaired) electrons. The van der Waals surface area contributed by atoms with E-state index >= 15 is 0 Å². The molecule has 0 bridgehead atoms. The number of ether oxygens (including phenoxy) is 2. The molecule has 1 aliphatic rings. The quantitative estimate of drug-likeness (QED) is 0.859. The molecule has 1 aromatic carbocycles. The van der Waals surface area contributed by atoms with Gasteiger partial charge in [-0.25, -0.2) is 4.98 Å². The zero-order chi connectivity index (χ0) is 13.8. The van der Waals surface area contributed by atoms with E-state index in [0.29, 0.717) is 6.61 Å². The maximum Gasteiger partial charge on any atom is 0.184 e. The molecule has 4 nitrogen and oxygen atoms in total. The van der Waals surface area contributed by atoms with Crippen LogP contribution in [0.15, 0.2) is 30.5 Å². The first kappa shape index (κ1) is 13.4. The minimum Gasteiger partial charge on any atom is -0.485 e. The topological polar surface area (TPSA) is 43.4 Å². The van der Waals surface area contributed by atoms with Crippen molar-refractivity contribution in [1.29, 1.82) is 0 Å². The second kappa shape index (κ2) is 6.24. The monoisotopic (exact) mass is 290 g/mol. The summed E-state index contributed by atoms with van der Waals surface area (Å²) in [5, 5.41) is 4.36. The average molecular weight is 290 g/mol. The number of rotatable bonds is 5. The lowest BCUT2D eigenvalue weighted by atomic mass is 10.2. The van der Waals surface area contributed by atoms with Crippen molar-refractivity contribution in [1.82, 2.24) is 10.3 Å². The Hall–Kier alpha value is -1.59. The van der Waals surface area contributed by atoms with Crippen molar-refractivity contribution in [3.8, 4) is 11.5 Å². The summed E-state index contributed by atoms with van der Waals surface area (Å²) in [5.41, 5.74) is 0. The lowest BCUT2D eigenvalue weighted by molar-refractivity contribution is 0.0911. The zero-order valence-electron chi connectivity index (χ0n) is 11.5. The van der Waals surface area contributed by atoms with Crippen LogP contribution in [0.2, 0.25) is 0 Å². The van der Waals surface area contributed by atoms with Crippen LogP contribution in [0, 0.1) is 0 Å². The van der Waals surface area contributed by atoms with Crippen molar-refractivity contribution in [2.75, 3.05) is 13.2 Å². The number of thiazole rings is 1. The minimum atomic E-state index is -0.102. The van der Waals surface area contributed by atoms with Gasteiger partial charge in [0.2, 0.25) is 0 Å². The maximum absolute atomic E-state index is 5.96. The molecule has 0 amide bonds. The van der Waals surface area contributed by atoms with Crippen molar-refractivity contribution in [3.63, 3.8) is 0 Å². The Bertz CT molecular complexity index is 571. The van der Waals surface area contributed by atoms with Gasteiger partial charge in [0.05, 0.1) is 0 Å². The van der Waals surface area contributed by atoms with E-state index in [1.165, 1.54) is 4.88 Å². The van der Waals surface area contributed by atoms with Gasteiger partial charge in [-0.1, -0.05) is 19.1 Å². The van der Waals surface area contributed by atoms with Crippen LogP contribution < -0.4 is 14.8 Å². The Morgan fingerprint density at radius 2 is 2.20 bits per heavy atom. The molecule has 2 heterocycles. The highest BCUT2D eigenvalue weighted by Crippen LogP contribution is 2.36. The summed E-state index contributed by atoms with van der Waals surface area (Å²) >= 11 is 1.69. The molecule has 3 rings (SSSR count). The van der Waals surface area contributed by atoms with Crippen LogP contribution in [0.5, 0.6) is 11.5 Å². The van der Waals surface area contributed by atoms with Gasteiger partial charge in [-0.3, -0.25) is 0 Å². The largest absolute Gasteiger partial charge is 0.485 e. The normalized spacial score (nSPS) is 17.1. The summed E-state index contributed by atoms with van der Waals surface area (Å²) in [6.07, 6.45) is 2.96. The van der Waals surface area contributed by atoms with E-state index in [4.69, 9.17) is 9.47 Å². The van der Waals surface area contributed by atoms with Crippen molar-refractivity contribution < 1.29 is 9.47 Å². The van der Waals surface area contributed by atoms with E-state index in [9.17, 15) is 0 Å². The van der Waals surface area contributed by atoms with Gasteiger partial charge in [0, 0.05) is 17.6 Å². The molecule has 1 N–H and O–H groups in total. The van der Waals surface area contributed by atoms with Gasteiger partial charge in [-0.2, -0.15) is 0 Å². The maximum atomic E-state index is 5.96. The standard InChI is InChI=1S/C15H18N2O2S/c1-2-7-16-8-11-9-17-15(20-11)14-10-18-12-5-3-4-6-13(12)19-14/h3-6,9,14,16H,2,7-8,10H2,1H3. The minimum absolute atomic E-state index is 0.102.